The van der Waals surface area contributed by atoms with Gasteiger partial charge in [-0.25, -0.2) is 0 Å². The van der Waals surface area contributed by atoms with Gasteiger partial charge in [0.05, 0.1) is 6.10 Å². The van der Waals surface area contributed by atoms with Crippen LogP contribution in [0.5, 0.6) is 0 Å². The van der Waals surface area contributed by atoms with Gasteiger partial charge in [-0.15, -0.1) is 0 Å². The number of nitrogens with two attached hydrogens (primary N) is 1. The lowest BCUT2D eigenvalue weighted by molar-refractivity contribution is 0.0597. The van der Waals surface area contributed by atoms with Gasteiger partial charge in [-0.1, -0.05) is 37.3 Å². The fraction of sp³-hybridized carbons (Fsp3) is 0.600. The summed E-state index contributed by atoms with van der Waals surface area (Å²) in [5.74, 6) is 0. The fourth-order valence-electron chi connectivity index (χ4n) is 2.78. The fourth-order valence-corrected chi connectivity index (χ4v) is 2.78. The third-order valence-electron chi connectivity index (χ3n) is 3.97. The van der Waals surface area contributed by atoms with E-state index < -0.39 is 0 Å². The Morgan fingerprint density at radius 1 is 1.39 bits per heavy atom. The Morgan fingerprint density at radius 2 is 2.11 bits per heavy atom. The van der Waals surface area contributed by atoms with Gasteiger partial charge in [0.15, 0.2) is 0 Å². The first-order valence-electron chi connectivity index (χ1n) is 6.80. The smallest absolute Gasteiger partial charge is 0.0667 e. The SMILES string of the molecule is CC(CN)(CN1CCCC(O)C1)c1ccccc1. The first-order valence-corrected chi connectivity index (χ1v) is 6.80. The first-order chi connectivity index (χ1) is 8.64. The van der Waals surface area contributed by atoms with Crippen LogP contribution in [0.25, 0.3) is 0 Å². The van der Waals surface area contributed by atoms with Crippen LogP contribution in [0.1, 0.15) is 25.3 Å². The summed E-state index contributed by atoms with van der Waals surface area (Å²) in [4.78, 5) is 2.34. The molecule has 0 bridgehead atoms. The van der Waals surface area contributed by atoms with E-state index in [1.165, 1.54) is 5.56 Å². The summed E-state index contributed by atoms with van der Waals surface area (Å²) < 4.78 is 0. The highest BCUT2D eigenvalue weighted by molar-refractivity contribution is 5.25. The van der Waals surface area contributed by atoms with Crippen molar-refractivity contribution >= 4 is 0 Å². The highest BCUT2D eigenvalue weighted by Crippen LogP contribution is 2.25. The quantitative estimate of drug-likeness (QED) is 0.846. The summed E-state index contributed by atoms with van der Waals surface area (Å²) >= 11 is 0. The second kappa shape index (κ2) is 5.83. The number of likely N-dealkylation sites (tertiary alicyclic amines) is 1. The minimum atomic E-state index is -0.170. The van der Waals surface area contributed by atoms with Gasteiger partial charge in [-0.2, -0.15) is 0 Å². The average molecular weight is 248 g/mol. The molecule has 0 saturated carbocycles. The van der Waals surface area contributed by atoms with E-state index in [2.05, 4.69) is 36.1 Å². The first kappa shape index (κ1) is 13.5. The Hall–Kier alpha value is -0.900. The minimum absolute atomic E-state index is 0.0294. The molecule has 1 aromatic rings. The van der Waals surface area contributed by atoms with Crippen LogP contribution in [0.3, 0.4) is 0 Å². The van der Waals surface area contributed by atoms with E-state index in [0.29, 0.717) is 6.54 Å². The lowest BCUT2D eigenvalue weighted by Crippen LogP contribution is -2.48. The lowest BCUT2D eigenvalue weighted by Gasteiger charge is -2.38. The molecule has 0 aromatic heterocycles. The average Bonchev–Trinajstić information content (AvgIpc) is 2.39. The summed E-state index contributed by atoms with van der Waals surface area (Å²) in [5.41, 5.74) is 7.26. The molecule has 3 heteroatoms. The Labute approximate surface area is 110 Å². The van der Waals surface area contributed by atoms with Crippen molar-refractivity contribution in [1.82, 2.24) is 4.90 Å². The molecule has 0 spiro atoms. The lowest BCUT2D eigenvalue weighted by atomic mass is 9.81. The van der Waals surface area contributed by atoms with Gasteiger partial charge in [-0.3, -0.25) is 4.90 Å². The number of benzene rings is 1. The summed E-state index contributed by atoms with van der Waals surface area (Å²) in [6.07, 6.45) is 1.84. The van der Waals surface area contributed by atoms with E-state index in [4.69, 9.17) is 5.73 Å². The molecule has 1 aromatic carbocycles. The number of hydrogen-bond acceptors (Lipinski definition) is 3. The molecule has 0 amide bonds. The number of aliphatic hydroxyl groups excluding tert-OH is 1. The van der Waals surface area contributed by atoms with Crippen molar-refractivity contribution in [1.29, 1.82) is 0 Å². The third-order valence-corrected chi connectivity index (χ3v) is 3.97. The van der Waals surface area contributed by atoms with Gasteiger partial charge in [0.2, 0.25) is 0 Å². The molecule has 1 aliphatic heterocycles. The van der Waals surface area contributed by atoms with E-state index in [0.717, 1.165) is 32.5 Å². The highest BCUT2D eigenvalue weighted by Gasteiger charge is 2.29. The molecule has 2 atom stereocenters. The highest BCUT2D eigenvalue weighted by atomic mass is 16.3. The zero-order valence-electron chi connectivity index (χ0n) is 11.2. The number of hydrogen-bond donors (Lipinski definition) is 2. The molecule has 0 aliphatic carbocycles. The molecule has 3 N–H and O–H groups in total. The van der Waals surface area contributed by atoms with Gasteiger partial charge in [0.1, 0.15) is 0 Å². The van der Waals surface area contributed by atoms with Crippen molar-refractivity contribution in [3.05, 3.63) is 35.9 Å². The zero-order chi connectivity index (χ0) is 13.0. The molecular weight excluding hydrogens is 224 g/mol. The second-order valence-corrected chi connectivity index (χ2v) is 5.66. The predicted molar refractivity (Wildman–Crippen MR) is 74.5 cm³/mol. The van der Waals surface area contributed by atoms with Crippen molar-refractivity contribution in [2.24, 2.45) is 5.73 Å². The second-order valence-electron chi connectivity index (χ2n) is 5.66. The van der Waals surface area contributed by atoms with Crippen LogP contribution in [0.4, 0.5) is 0 Å². The topological polar surface area (TPSA) is 49.5 Å². The van der Waals surface area contributed by atoms with Crippen molar-refractivity contribution in [2.45, 2.75) is 31.3 Å². The molecular formula is C15H24N2O. The van der Waals surface area contributed by atoms with E-state index in [1.54, 1.807) is 0 Å². The van der Waals surface area contributed by atoms with Crippen molar-refractivity contribution in [3.63, 3.8) is 0 Å². The zero-order valence-corrected chi connectivity index (χ0v) is 11.2. The molecule has 2 rings (SSSR count). The monoisotopic (exact) mass is 248 g/mol. The van der Waals surface area contributed by atoms with Gasteiger partial charge in [0.25, 0.3) is 0 Å². The van der Waals surface area contributed by atoms with Crippen LogP contribution < -0.4 is 5.73 Å². The Balaban J connectivity index is 2.08. The standard InChI is InChI=1S/C15H24N2O/c1-15(11-16,13-6-3-2-4-7-13)12-17-9-5-8-14(18)10-17/h2-4,6-7,14,18H,5,8-12,16H2,1H3. The maximum absolute atomic E-state index is 9.75. The number of piperidine rings is 1. The molecule has 1 saturated heterocycles. The third kappa shape index (κ3) is 3.10. The molecule has 100 valence electrons. The maximum atomic E-state index is 9.75. The van der Waals surface area contributed by atoms with Gasteiger partial charge < -0.3 is 10.8 Å². The van der Waals surface area contributed by atoms with Crippen LogP contribution in [0.2, 0.25) is 0 Å². The van der Waals surface area contributed by atoms with Crippen molar-refractivity contribution < 1.29 is 5.11 Å². The summed E-state index contributed by atoms with van der Waals surface area (Å²) in [7, 11) is 0. The Morgan fingerprint density at radius 3 is 2.72 bits per heavy atom. The van der Waals surface area contributed by atoms with Crippen LogP contribution >= 0.6 is 0 Å². The summed E-state index contributed by atoms with van der Waals surface area (Å²) in [6, 6.07) is 10.5. The summed E-state index contributed by atoms with van der Waals surface area (Å²) in [5, 5.41) is 9.75. The van der Waals surface area contributed by atoms with E-state index >= 15 is 0 Å². The minimum Gasteiger partial charge on any atom is -0.392 e. The van der Waals surface area contributed by atoms with E-state index in [-0.39, 0.29) is 11.5 Å². The largest absolute Gasteiger partial charge is 0.392 e. The number of nitrogens with zero attached hydrogens (tertiary/aromatic N) is 1. The van der Waals surface area contributed by atoms with Crippen molar-refractivity contribution in [2.75, 3.05) is 26.2 Å². The van der Waals surface area contributed by atoms with Gasteiger partial charge >= 0.3 is 0 Å². The Kier molecular flexibility index (Phi) is 4.38. The maximum Gasteiger partial charge on any atom is 0.0667 e. The molecule has 3 nitrogen and oxygen atoms in total. The van der Waals surface area contributed by atoms with Crippen LogP contribution in [-0.4, -0.2) is 42.3 Å². The number of rotatable bonds is 4. The van der Waals surface area contributed by atoms with Gasteiger partial charge in [-0.05, 0) is 24.9 Å². The molecule has 1 heterocycles. The Bertz CT molecular complexity index is 368. The molecule has 18 heavy (non-hydrogen) atoms. The van der Waals surface area contributed by atoms with Crippen LogP contribution in [-0.2, 0) is 5.41 Å². The van der Waals surface area contributed by atoms with E-state index in [1.807, 2.05) is 6.07 Å². The molecule has 2 unspecified atom stereocenters. The molecule has 0 radical (unpaired) electrons. The summed E-state index contributed by atoms with van der Waals surface area (Å²) in [6.45, 7) is 5.61. The number of β-amino-alcohol motifs (C(OH)–C–C–N with tert-alkyl or cyclic N) is 1. The molecule has 1 aliphatic rings. The normalized spacial score (nSPS) is 24.7. The predicted octanol–water partition coefficient (Wildman–Crippen LogP) is 1.36. The van der Waals surface area contributed by atoms with Crippen LogP contribution in [0.15, 0.2) is 30.3 Å². The van der Waals surface area contributed by atoms with E-state index in [9.17, 15) is 5.11 Å². The van der Waals surface area contributed by atoms with Gasteiger partial charge in [0, 0.05) is 25.0 Å². The molecule has 1 fully saturated rings. The number of aliphatic hydroxyl groups is 1. The van der Waals surface area contributed by atoms with Crippen LogP contribution in [0, 0.1) is 0 Å². The van der Waals surface area contributed by atoms with Crippen molar-refractivity contribution in [3.8, 4) is 0 Å².